The van der Waals surface area contributed by atoms with E-state index in [9.17, 15) is 0 Å². The molecule has 2 aromatic carbocycles. The minimum absolute atomic E-state index is 0.455. The van der Waals surface area contributed by atoms with Crippen molar-refractivity contribution in [2.75, 3.05) is 0 Å². The van der Waals surface area contributed by atoms with Crippen LogP contribution in [-0.4, -0.2) is 14.4 Å². The van der Waals surface area contributed by atoms with E-state index < -0.39 is 7.69 Å². The summed E-state index contributed by atoms with van der Waals surface area (Å²) in [7, 11) is 2.55. The van der Waals surface area contributed by atoms with Gasteiger partial charge in [-0.15, -0.1) is 0 Å². The lowest BCUT2D eigenvalue weighted by atomic mass is 10.2. The molecule has 0 radical (unpaired) electrons. The van der Waals surface area contributed by atoms with Crippen LogP contribution in [0.4, 0.5) is 0 Å². The quantitative estimate of drug-likeness (QED) is 0.392. The van der Waals surface area contributed by atoms with Crippen molar-refractivity contribution in [2.45, 2.75) is 12.7 Å². The lowest BCUT2D eigenvalue weighted by Gasteiger charge is -1.99. The first-order valence-corrected chi connectivity index (χ1v) is 10.5. The fraction of sp³-hybridized carbons (Fsp3) is 0.158. The summed E-state index contributed by atoms with van der Waals surface area (Å²) in [6.07, 6.45) is 4.41. The van der Waals surface area contributed by atoms with E-state index in [0.29, 0.717) is 0 Å². The van der Waals surface area contributed by atoms with Gasteiger partial charge in [-0.1, -0.05) is 71.8 Å². The first-order chi connectivity index (χ1) is 12.3. The van der Waals surface area contributed by atoms with Gasteiger partial charge in [0.25, 0.3) is 0 Å². The van der Waals surface area contributed by atoms with E-state index in [1.54, 1.807) is 0 Å². The third-order valence-electron chi connectivity index (χ3n) is 3.94. The lowest BCUT2D eigenvalue weighted by molar-refractivity contribution is -0.750. The molecule has 0 aliphatic heterocycles. The summed E-state index contributed by atoms with van der Waals surface area (Å²) in [5.41, 5.74) is 3.60. The van der Waals surface area contributed by atoms with Gasteiger partial charge in [0.1, 0.15) is 6.54 Å². The van der Waals surface area contributed by atoms with Gasteiger partial charge in [-0.05, 0) is 27.2 Å². The Morgan fingerprint density at radius 1 is 1.04 bits per heavy atom. The monoisotopic (exact) mass is 364 g/mol. The van der Waals surface area contributed by atoms with Crippen LogP contribution in [0.15, 0.2) is 66.5 Å². The first-order valence-electron chi connectivity index (χ1n) is 8.13. The molecular formula is C19H18N4P2. The Labute approximate surface area is 150 Å². The molecule has 4 aromatic rings. The highest BCUT2D eigenvalue weighted by molar-refractivity contribution is 7.53. The predicted molar refractivity (Wildman–Crippen MR) is 102 cm³/mol. The topological polar surface area (TPSA) is 34.6 Å². The van der Waals surface area contributed by atoms with Crippen LogP contribution in [0, 0.1) is 6.20 Å². The molecule has 1 atom stereocenters. The van der Waals surface area contributed by atoms with E-state index in [1.807, 2.05) is 34.6 Å². The van der Waals surface area contributed by atoms with E-state index in [-0.39, 0.29) is 0 Å². The van der Waals surface area contributed by atoms with Gasteiger partial charge in [-0.2, -0.15) is 4.68 Å². The number of rotatable bonds is 5. The maximum atomic E-state index is 4.80. The fourth-order valence-corrected chi connectivity index (χ4v) is 6.01. The van der Waals surface area contributed by atoms with Gasteiger partial charge < -0.3 is 0 Å². The van der Waals surface area contributed by atoms with Gasteiger partial charge in [-0.3, -0.25) is 0 Å². The van der Waals surface area contributed by atoms with Crippen LogP contribution in [0.25, 0.3) is 11.0 Å². The van der Waals surface area contributed by atoms with Crippen LogP contribution < -0.4 is 4.68 Å². The largest absolute Gasteiger partial charge is 0.237 e. The smallest absolute Gasteiger partial charge is 0.118 e. The molecule has 0 amide bonds. The highest BCUT2D eigenvalue weighted by Crippen LogP contribution is 2.39. The minimum atomic E-state index is -0.455. The Kier molecular flexibility index (Phi) is 4.74. The Morgan fingerprint density at radius 2 is 1.72 bits per heavy atom. The second-order valence-electron chi connectivity index (χ2n) is 5.90. The van der Waals surface area contributed by atoms with E-state index in [2.05, 4.69) is 59.7 Å². The van der Waals surface area contributed by atoms with Crippen LogP contribution in [0.5, 0.6) is 0 Å². The van der Waals surface area contributed by atoms with Crippen molar-refractivity contribution in [2.24, 2.45) is 7.05 Å². The van der Waals surface area contributed by atoms with Gasteiger partial charge in [0.15, 0.2) is 0 Å². The first kappa shape index (κ1) is 16.2. The van der Waals surface area contributed by atoms with Crippen LogP contribution in [0.3, 0.4) is 0 Å². The molecule has 1 unspecified atom stereocenters. The number of aryl methyl sites for hydroxylation is 1. The molecule has 0 bridgehead atoms. The fourth-order valence-electron chi connectivity index (χ4n) is 2.73. The summed E-state index contributed by atoms with van der Waals surface area (Å²) in [5.74, 6) is 2.31. The number of aromatic nitrogens is 4. The Bertz CT molecular complexity index is 962. The van der Waals surface area contributed by atoms with Crippen LogP contribution in [0.1, 0.15) is 11.1 Å². The number of nitrogens with zero attached hydrogens (tertiary/aromatic N) is 4. The van der Waals surface area contributed by atoms with Gasteiger partial charge in [0, 0.05) is 18.1 Å². The molecule has 0 aliphatic carbocycles. The molecule has 6 heteroatoms. The zero-order valence-corrected chi connectivity index (χ0v) is 15.7. The van der Waals surface area contributed by atoms with E-state index in [4.69, 9.17) is 4.51 Å². The van der Waals surface area contributed by atoms with Crippen molar-refractivity contribution in [3.05, 3.63) is 83.8 Å². The van der Waals surface area contributed by atoms with Crippen molar-refractivity contribution >= 4 is 16.0 Å². The summed E-state index contributed by atoms with van der Waals surface area (Å²) >= 11 is 0. The summed E-state index contributed by atoms with van der Waals surface area (Å²) in [6, 6.07) is 20.9. The van der Waals surface area contributed by atoms with E-state index in [1.165, 1.54) is 16.4 Å². The van der Waals surface area contributed by atoms with Gasteiger partial charge in [0.2, 0.25) is 0 Å². The maximum absolute atomic E-state index is 4.80. The molecular weight excluding hydrogens is 346 g/mol. The minimum Gasteiger partial charge on any atom is -0.237 e. The standard InChI is InChI=1S/C19H18N4P2/c1-22-18(13-23(20-22)12-16-8-4-2-5-9-16)19-15-25(21-24-19)14-17-10-6-3-7-11-17/h2-11,15H,12,14H2,1H3. The van der Waals surface area contributed by atoms with Crippen molar-refractivity contribution in [1.29, 1.82) is 0 Å². The molecule has 0 aliphatic rings. The van der Waals surface area contributed by atoms with Gasteiger partial charge in [-0.25, -0.2) is 9.19 Å². The van der Waals surface area contributed by atoms with E-state index >= 15 is 0 Å². The Balaban J connectivity index is 1.54. The second kappa shape index (κ2) is 7.31. The maximum Gasteiger partial charge on any atom is 0.118 e. The summed E-state index contributed by atoms with van der Waals surface area (Å²) in [6.45, 7) is 0.731. The molecule has 4 rings (SSSR count). The van der Waals surface area contributed by atoms with Crippen molar-refractivity contribution < 1.29 is 4.68 Å². The molecule has 0 fully saturated rings. The van der Waals surface area contributed by atoms with Crippen LogP contribution in [0.2, 0.25) is 0 Å². The number of hydrogen-bond donors (Lipinski definition) is 0. The molecule has 4 nitrogen and oxygen atoms in total. The normalized spacial score (nSPS) is 12.0. The predicted octanol–water partition coefficient (Wildman–Crippen LogP) is 4.23. The molecule has 0 spiro atoms. The van der Waals surface area contributed by atoms with Gasteiger partial charge >= 0.3 is 0 Å². The molecule has 25 heavy (non-hydrogen) atoms. The van der Waals surface area contributed by atoms with Crippen LogP contribution >= 0.6 is 16.0 Å². The van der Waals surface area contributed by atoms with Crippen molar-refractivity contribution in [1.82, 2.24) is 14.4 Å². The molecule has 0 saturated carbocycles. The SMILES string of the molecule is Cn1n[n+](Cc2ccccc2)[c-]c1-c1cp(Cc2ccccc2)np1. The van der Waals surface area contributed by atoms with Gasteiger partial charge in [0.05, 0.1) is 12.3 Å². The van der Waals surface area contributed by atoms with E-state index in [0.717, 1.165) is 26.8 Å². The zero-order chi connectivity index (χ0) is 17.1. The number of hydrogen-bond acceptors (Lipinski definition) is 2. The molecule has 0 N–H and O–H groups in total. The molecule has 2 heterocycles. The Morgan fingerprint density at radius 3 is 2.44 bits per heavy atom. The molecule has 2 aromatic heterocycles. The zero-order valence-electron chi connectivity index (χ0n) is 13.9. The Hall–Kier alpha value is -2.28. The summed E-state index contributed by atoms with van der Waals surface area (Å²) < 4.78 is 8.57. The van der Waals surface area contributed by atoms with Crippen molar-refractivity contribution in [3.8, 4) is 11.0 Å². The molecule has 0 saturated heterocycles. The lowest BCUT2D eigenvalue weighted by Crippen LogP contribution is -2.36. The number of benzene rings is 2. The highest BCUT2D eigenvalue weighted by atomic mass is 31.1. The second-order valence-corrected chi connectivity index (χ2v) is 8.75. The average Bonchev–Trinajstić information content (AvgIpc) is 3.23. The van der Waals surface area contributed by atoms with Crippen LogP contribution in [-0.2, 0) is 19.8 Å². The van der Waals surface area contributed by atoms with Crippen molar-refractivity contribution in [3.63, 3.8) is 0 Å². The summed E-state index contributed by atoms with van der Waals surface area (Å²) in [5, 5.41) is 5.77. The highest BCUT2D eigenvalue weighted by Gasteiger charge is 2.08. The average molecular weight is 364 g/mol. The third kappa shape index (κ3) is 3.87. The summed E-state index contributed by atoms with van der Waals surface area (Å²) in [4.78, 5) is 0. The third-order valence-corrected chi connectivity index (χ3v) is 7.23. The molecule has 124 valence electrons.